The van der Waals surface area contributed by atoms with Gasteiger partial charge in [-0.25, -0.2) is 17.6 Å². The molecular formula is C20H22FN3O4S. The lowest BCUT2D eigenvalue weighted by molar-refractivity contribution is -0.0840. The lowest BCUT2D eigenvalue weighted by Gasteiger charge is -2.42. The molecule has 2 aromatic rings. The van der Waals surface area contributed by atoms with Crippen LogP contribution < -0.4 is 5.32 Å². The molecule has 1 N–H and O–H groups in total. The van der Waals surface area contributed by atoms with Crippen molar-refractivity contribution < 1.29 is 22.3 Å². The summed E-state index contributed by atoms with van der Waals surface area (Å²) in [6.45, 7) is 1.20. The summed E-state index contributed by atoms with van der Waals surface area (Å²) >= 11 is 0. The number of hydrogen-bond acceptors (Lipinski definition) is 4. The Hall–Kier alpha value is -2.49. The summed E-state index contributed by atoms with van der Waals surface area (Å²) in [7, 11) is -3.70. The van der Waals surface area contributed by atoms with Crippen LogP contribution in [0, 0.1) is 5.82 Å². The van der Waals surface area contributed by atoms with Crippen LogP contribution in [0.5, 0.6) is 0 Å². The predicted molar refractivity (Wildman–Crippen MR) is 105 cm³/mol. The topological polar surface area (TPSA) is 79.0 Å². The molecule has 2 aliphatic rings. The minimum Gasteiger partial charge on any atom is -0.358 e. The van der Waals surface area contributed by atoms with Crippen LogP contribution >= 0.6 is 0 Å². The molecule has 0 unspecified atom stereocenters. The summed E-state index contributed by atoms with van der Waals surface area (Å²) in [6.07, 6.45) is 0.702. The van der Waals surface area contributed by atoms with Gasteiger partial charge in [-0.15, -0.1) is 0 Å². The van der Waals surface area contributed by atoms with E-state index in [1.54, 1.807) is 47.4 Å². The molecule has 0 aromatic heterocycles. The van der Waals surface area contributed by atoms with E-state index in [-0.39, 0.29) is 17.1 Å². The average molecular weight is 419 g/mol. The van der Waals surface area contributed by atoms with Gasteiger partial charge < -0.3 is 15.0 Å². The fraction of sp³-hybridized carbons (Fsp3) is 0.350. The van der Waals surface area contributed by atoms with Gasteiger partial charge in [0.15, 0.2) is 0 Å². The third-order valence-electron chi connectivity index (χ3n) is 5.40. The minimum atomic E-state index is -3.70. The second-order valence-electron chi connectivity index (χ2n) is 7.08. The van der Waals surface area contributed by atoms with E-state index in [9.17, 15) is 17.6 Å². The second-order valence-corrected chi connectivity index (χ2v) is 8.94. The zero-order chi connectivity index (χ0) is 20.5. The molecular weight excluding hydrogens is 397 g/mol. The number of para-hydroxylation sites is 1. The first-order chi connectivity index (χ1) is 13.9. The summed E-state index contributed by atoms with van der Waals surface area (Å²) in [5, 5.41) is 2.57. The number of piperidine rings is 1. The fourth-order valence-corrected chi connectivity index (χ4v) is 5.61. The van der Waals surface area contributed by atoms with Crippen LogP contribution in [0.3, 0.4) is 0 Å². The first-order valence-corrected chi connectivity index (χ1v) is 10.9. The van der Waals surface area contributed by atoms with Gasteiger partial charge in [-0.05, 0) is 24.3 Å². The van der Waals surface area contributed by atoms with Crippen LogP contribution in [0.15, 0.2) is 59.5 Å². The van der Waals surface area contributed by atoms with Crippen molar-refractivity contribution in [3.05, 3.63) is 60.4 Å². The standard InChI is InChI=1S/C20H22FN3O4S/c21-17-8-4-5-9-18(17)22-19(25)23-12-10-20(11-13-23)24(14-15-28-20)29(26,27)16-6-2-1-3-7-16/h1-9H,10-15H2,(H,22,25). The van der Waals surface area contributed by atoms with Gasteiger partial charge in [0.05, 0.1) is 17.2 Å². The summed E-state index contributed by atoms with van der Waals surface area (Å²) in [5.41, 5.74) is -0.841. The Balaban J connectivity index is 1.46. The Bertz CT molecular complexity index is 992. The number of amides is 2. The number of anilines is 1. The normalized spacial score (nSPS) is 19.4. The number of benzene rings is 2. The number of hydrogen-bond donors (Lipinski definition) is 1. The molecule has 0 saturated carbocycles. The van der Waals surface area contributed by atoms with Crippen molar-refractivity contribution in [2.24, 2.45) is 0 Å². The number of halogens is 1. The summed E-state index contributed by atoms with van der Waals surface area (Å²) in [4.78, 5) is 14.3. The molecule has 4 rings (SSSR count). The Morgan fingerprint density at radius 1 is 1.00 bits per heavy atom. The lowest BCUT2D eigenvalue weighted by Crippen LogP contribution is -2.56. The first-order valence-electron chi connectivity index (χ1n) is 9.45. The second kappa shape index (κ2) is 7.74. The van der Waals surface area contributed by atoms with Crippen LogP contribution in [-0.4, -0.2) is 55.6 Å². The molecule has 2 aliphatic heterocycles. The summed E-state index contributed by atoms with van der Waals surface area (Å²) in [5.74, 6) is -0.506. The van der Waals surface area contributed by atoms with E-state index in [0.717, 1.165) is 0 Å². The molecule has 2 fully saturated rings. The van der Waals surface area contributed by atoms with E-state index in [1.807, 2.05) is 0 Å². The number of urea groups is 1. The maximum atomic E-state index is 13.8. The molecule has 0 radical (unpaired) electrons. The van der Waals surface area contributed by atoms with Gasteiger partial charge in [-0.1, -0.05) is 30.3 Å². The highest BCUT2D eigenvalue weighted by molar-refractivity contribution is 7.89. The molecule has 0 aliphatic carbocycles. The molecule has 1 spiro atoms. The third kappa shape index (κ3) is 3.73. The van der Waals surface area contributed by atoms with Crippen LogP contribution in [0.4, 0.5) is 14.9 Å². The van der Waals surface area contributed by atoms with Crippen LogP contribution in [0.1, 0.15) is 12.8 Å². The molecule has 9 heteroatoms. The summed E-state index contributed by atoms with van der Waals surface area (Å²) in [6, 6.07) is 13.8. The van der Waals surface area contributed by atoms with Crippen molar-refractivity contribution in [1.82, 2.24) is 9.21 Å². The number of ether oxygens (including phenoxy) is 1. The maximum Gasteiger partial charge on any atom is 0.321 e. The number of rotatable bonds is 3. The van der Waals surface area contributed by atoms with Crippen molar-refractivity contribution in [2.45, 2.75) is 23.5 Å². The number of carbonyl (C=O) groups is 1. The monoisotopic (exact) mass is 419 g/mol. The minimum absolute atomic E-state index is 0.114. The van der Waals surface area contributed by atoms with E-state index in [1.165, 1.54) is 16.4 Å². The SMILES string of the molecule is O=C(Nc1ccccc1F)N1CCC2(CC1)OCCN2S(=O)(=O)c1ccccc1. The highest BCUT2D eigenvalue weighted by Crippen LogP contribution is 2.38. The Morgan fingerprint density at radius 3 is 2.34 bits per heavy atom. The average Bonchev–Trinajstić information content (AvgIpc) is 3.14. The molecule has 7 nitrogen and oxygen atoms in total. The van der Waals surface area contributed by atoms with E-state index in [2.05, 4.69) is 5.32 Å². The Morgan fingerprint density at radius 2 is 1.66 bits per heavy atom. The number of likely N-dealkylation sites (tertiary alicyclic amines) is 1. The van der Waals surface area contributed by atoms with Crippen molar-refractivity contribution in [1.29, 1.82) is 0 Å². The zero-order valence-electron chi connectivity index (χ0n) is 15.8. The molecule has 0 atom stereocenters. The molecule has 0 bridgehead atoms. The predicted octanol–water partition coefficient (Wildman–Crippen LogP) is 2.87. The number of sulfonamides is 1. The van der Waals surface area contributed by atoms with Crippen molar-refractivity contribution in [3.63, 3.8) is 0 Å². The van der Waals surface area contributed by atoms with Gasteiger partial charge in [0.2, 0.25) is 10.0 Å². The first kappa shape index (κ1) is 19.8. The van der Waals surface area contributed by atoms with E-state index < -0.39 is 27.6 Å². The van der Waals surface area contributed by atoms with Gasteiger partial charge >= 0.3 is 6.03 Å². The molecule has 2 aromatic carbocycles. The van der Waals surface area contributed by atoms with Crippen molar-refractivity contribution in [2.75, 3.05) is 31.6 Å². The molecule has 2 amide bonds. The van der Waals surface area contributed by atoms with E-state index in [4.69, 9.17) is 4.74 Å². The van der Waals surface area contributed by atoms with Gasteiger partial charge in [0, 0.05) is 32.5 Å². The van der Waals surface area contributed by atoms with E-state index >= 15 is 0 Å². The Kier molecular flexibility index (Phi) is 5.28. The Labute approximate surface area is 169 Å². The largest absolute Gasteiger partial charge is 0.358 e. The van der Waals surface area contributed by atoms with Crippen LogP contribution in [0.2, 0.25) is 0 Å². The molecule has 2 saturated heterocycles. The molecule has 154 valence electrons. The van der Waals surface area contributed by atoms with Crippen molar-refractivity contribution >= 4 is 21.7 Å². The van der Waals surface area contributed by atoms with Crippen LogP contribution in [-0.2, 0) is 14.8 Å². The van der Waals surface area contributed by atoms with E-state index in [0.29, 0.717) is 32.5 Å². The smallest absolute Gasteiger partial charge is 0.321 e. The number of nitrogens with zero attached hydrogens (tertiary/aromatic N) is 2. The van der Waals surface area contributed by atoms with Gasteiger partial charge in [-0.3, -0.25) is 0 Å². The molecule has 2 heterocycles. The molecule has 29 heavy (non-hydrogen) atoms. The zero-order valence-corrected chi connectivity index (χ0v) is 16.6. The number of nitrogens with one attached hydrogen (secondary N) is 1. The quantitative estimate of drug-likeness (QED) is 0.830. The highest BCUT2D eigenvalue weighted by Gasteiger charge is 2.50. The van der Waals surface area contributed by atoms with Crippen molar-refractivity contribution in [3.8, 4) is 0 Å². The van der Waals surface area contributed by atoms with Gasteiger partial charge in [0.25, 0.3) is 0 Å². The van der Waals surface area contributed by atoms with Gasteiger partial charge in [0.1, 0.15) is 11.5 Å². The highest BCUT2D eigenvalue weighted by atomic mass is 32.2. The third-order valence-corrected chi connectivity index (χ3v) is 7.36. The van der Waals surface area contributed by atoms with Gasteiger partial charge in [-0.2, -0.15) is 4.31 Å². The number of carbonyl (C=O) groups excluding carboxylic acids is 1. The lowest BCUT2D eigenvalue weighted by atomic mass is 10.0. The maximum absolute atomic E-state index is 13.8. The van der Waals surface area contributed by atoms with Crippen LogP contribution in [0.25, 0.3) is 0 Å². The fourth-order valence-electron chi connectivity index (χ4n) is 3.86. The summed E-state index contributed by atoms with van der Waals surface area (Å²) < 4.78 is 47.3.